The van der Waals surface area contributed by atoms with E-state index in [4.69, 9.17) is 9.47 Å². The molecule has 2 aromatic rings. The Morgan fingerprint density at radius 1 is 1.19 bits per heavy atom. The van der Waals surface area contributed by atoms with E-state index in [9.17, 15) is 14.7 Å². The van der Waals surface area contributed by atoms with Gasteiger partial charge in [-0.15, -0.1) is 0 Å². The molecule has 1 amide bonds. The number of aryl methyl sites for hydroxylation is 2. The van der Waals surface area contributed by atoms with Gasteiger partial charge >= 0.3 is 0 Å². The highest BCUT2D eigenvalue weighted by molar-refractivity contribution is 6.46. The minimum absolute atomic E-state index is 0.0316. The zero-order valence-electron chi connectivity index (χ0n) is 19.2. The molecule has 1 aromatic heterocycles. The summed E-state index contributed by atoms with van der Waals surface area (Å²) in [5.74, 6) is -0.228. The van der Waals surface area contributed by atoms with Gasteiger partial charge in [0.25, 0.3) is 11.7 Å². The quantitative estimate of drug-likeness (QED) is 0.396. The van der Waals surface area contributed by atoms with Crippen molar-refractivity contribution < 1.29 is 24.2 Å². The Morgan fingerprint density at radius 2 is 1.91 bits per heavy atom. The average molecular weight is 441 g/mol. The van der Waals surface area contributed by atoms with Crippen LogP contribution in [0.3, 0.4) is 0 Å². The molecule has 0 aliphatic carbocycles. The maximum atomic E-state index is 13.2. The number of likely N-dealkylation sites (N-methyl/N-ethyl adjacent to an activating group) is 1. The van der Waals surface area contributed by atoms with Crippen molar-refractivity contribution in [3.05, 3.63) is 52.6 Å². The van der Waals surface area contributed by atoms with Crippen LogP contribution < -0.4 is 9.47 Å². The second kappa shape index (κ2) is 9.35. The molecule has 2 heterocycles. The van der Waals surface area contributed by atoms with Crippen molar-refractivity contribution in [1.29, 1.82) is 0 Å². The number of amides is 1. The number of ketones is 1. The molecular formula is C23H28N4O5. The molecule has 3 rings (SSSR count). The standard InChI is InChI=1S/C23H28N4O5/c1-13-17(12-24-14(2)25-13)21(28)19-20(16-11-15(31-5)7-8-18(16)32-6)27(10-9-26(3)4)23(30)22(19)29/h7-8,11-12,20,28H,9-10H2,1-6H3/t20-/m1/s1. The second-order valence-electron chi connectivity index (χ2n) is 7.82. The van der Waals surface area contributed by atoms with E-state index in [0.717, 1.165) is 0 Å². The van der Waals surface area contributed by atoms with Gasteiger partial charge in [-0.05, 0) is 46.1 Å². The Balaban J connectivity index is 2.27. The van der Waals surface area contributed by atoms with E-state index in [1.807, 2.05) is 19.0 Å². The lowest BCUT2D eigenvalue weighted by molar-refractivity contribution is -0.140. The molecule has 1 aliphatic rings. The van der Waals surface area contributed by atoms with Gasteiger partial charge in [0.1, 0.15) is 23.1 Å². The van der Waals surface area contributed by atoms with Crippen LogP contribution in [0.15, 0.2) is 30.0 Å². The van der Waals surface area contributed by atoms with Crippen molar-refractivity contribution in [3.63, 3.8) is 0 Å². The summed E-state index contributed by atoms with van der Waals surface area (Å²) in [6, 6.07) is 4.29. The van der Waals surface area contributed by atoms with Gasteiger partial charge in [0.15, 0.2) is 0 Å². The largest absolute Gasteiger partial charge is 0.507 e. The van der Waals surface area contributed by atoms with Crippen LogP contribution in [0, 0.1) is 13.8 Å². The number of carbonyl (C=O) groups excluding carboxylic acids is 2. The summed E-state index contributed by atoms with van der Waals surface area (Å²) >= 11 is 0. The van der Waals surface area contributed by atoms with E-state index in [2.05, 4.69) is 9.97 Å². The lowest BCUT2D eigenvalue weighted by atomic mass is 9.94. The fraction of sp³-hybridized carbons (Fsp3) is 0.391. The summed E-state index contributed by atoms with van der Waals surface area (Å²) < 4.78 is 10.9. The Kier molecular flexibility index (Phi) is 6.78. The SMILES string of the molecule is COc1ccc(OC)c([C@@H]2C(=C(O)c3cnc(C)nc3C)C(=O)C(=O)N2CCN(C)C)c1. The van der Waals surface area contributed by atoms with Crippen molar-refractivity contribution >= 4 is 17.4 Å². The highest BCUT2D eigenvalue weighted by Gasteiger charge is 2.47. The topological polar surface area (TPSA) is 105 Å². The van der Waals surface area contributed by atoms with Crippen LogP contribution in [-0.4, -0.2) is 78.0 Å². The first-order valence-electron chi connectivity index (χ1n) is 10.1. The summed E-state index contributed by atoms with van der Waals surface area (Å²) in [6.07, 6.45) is 1.46. The van der Waals surface area contributed by atoms with Gasteiger partial charge in [-0.1, -0.05) is 0 Å². The van der Waals surface area contributed by atoms with Gasteiger partial charge in [-0.3, -0.25) is 9.59 Å². The number of hydrogen-bond donors (Lipinski definition) is 1. The molecule has 1 fully saturated rings. The normalized spacial score (nSPS) is 17.8. The van der Waals surface area contributed by atoms with Crippen LogP contribution in [0.25, 0.3) is 5.76 Å². The zero-order valence-corrected chi connectivity index (χ0v) is 19.2. The van der Waals surface area contributed by atoms with Crippen LogP contribution in [0.4, 0.5) is 0 Å². The number of carbonyl (C=O) groups is 2. The number of hydrogen-bond acceptors (Lipinski definition) is 8. The van der Waals surface area contributed by atoms with E-state index in [1.165, 1.54) is 25.3 Å². The molecule has 0 radical (unpaired) electrons. The first-order valence-corrected chi connectivity index (χ1v) is 10.1. The predicted molar refractivity (Wildman–Crippen MR) is 119 cm³/mol. The van der Waals surface area contributed by atoms with Crippen molar-refractivity contribution in [1.82, 2.24) is 19.8 Å². The molecule has 0 saturated carbocycles. The zero-order chi connectivity index (χ0) is 23.6. The molecule has 0 spiro atoms. The van der Waals surface area contributed by atoms with Crippen LogP contribution in [0.2, 0.25) is 0 Å². The first kappa shape index (κ1) is 23.2. The molecule has 1 atom stereocenters. The molecular weight excluding hydrogens is 412 g/mol. The van der Waals surface area contributed by atoms with Crippen molar-refractivity contribution in [2.75, 3.05) is 41.4 Å². The first-order chi connectivity index (χ1) is 15.2. The number of Topliss-reactive ketones (excluding diaryl/α,β-unsaturated/α-hetero) is 1. The Labute approximate surface area is 187 Å². The van der Waals surface area contributed by atoms with Crippen LogP contribution in [-0.2, 0) is 9.59 Å². The number of benzene rings is 1. The third kappa shape index (κ3) is 4.29. The molecule has 0 unspecified atom stereocenters. The minimum atomic E-state index is -0.860. The summed E-state index contributed by atoms with van der Waals surface area (Å²) in [5.41, 5.74) is 1.31. The van der Waals surface area contributed by atoms with E-state index in [-0.39, 0.29) is 17.9 Å². The van der Waals surface area contributed by atoms with Crippen molar-refractivity contribution in [2.24, 2.45) is 0 Å². The third-order valence-electron chi connectivity index (χ3n) is 5.41. The van der Waals surface area contributed by atoms with Gasteiger partial charge in [0.2, 0.25) is 0 Å². The molecule has 1 aromatic carbocycles. The van der Waals surface area contributed by atoms with Crippen molar-refractivity contribution in [2.45, 2.75) is 19.9 Å². The molecule has 1 N–H and O–H groups in total. The number of methoxy groups -OCH3 is 2. The average Bonchev–Trinajstić information content (AvgIpc) is 3.01. The smallest absolute Gasteiger partial charge is 0.295 e. The summed E-state index contributed by atoms with van der Waals surface area (Å²) in [5, 5.41) is 11.2. The van der Waals surface area contributed by atoms with Gasteiger partial charge in [-0.25, -0.2) is 9.97 Å². The van der Waals surface area contributed by atoms with E-state index < -0.39 is 17.7 Å². The Bertz CT molecular complexity index is 1080. The molecule has 170 valence electrons. The number of aromatic nitrogens is 2. The van der Waals surface area contributed by atoms with Gasteiger partial charge < -0.3 is 24.4 Å². The fourth-order valence-corrected chi connectivity index (χ4v) is 3.76. The van der Waals surface area contributed by atoms with Crippen molar-refractivity contribution in [3.8, 4) is 11.5 Å². The molecule has 9 heteroatoms. The monoisotopic (exact) mass is 440 g/mol. The second-order valence-corrected chi connectivity index (χ2v) is 7.82. The predicted octanol–water partition coefficient (Wildman–Crippen LogP) is 2.09. The number of rotatable bonds is 7. The van der Waals surface area contributed by atoms with E-state index in [1.54, 1.807) is 32.0 Å². The summed E-state index contributed by atoms with van der Waals surface area (Å²) in [7, 11) is 6.80. The van der Waals surface area contributed by atoms with Crippen LogP contribution >= 0.6 is 0 Å². The van der Waals surface area contributed by atoms with Crippen LogP contribution in [0.1, 0.15) is 28.7 Å². The molecule has 9 nitrogen and oxygen atoms in total. The highest BCUT2D eigenvalue weighted by Crippen LogP contribution is 2.43. The van der Waals surface area contributed by atoms with Gasteiger partial charge in [0.05, 0.1) is 37.1 Å². The third-order valence-corrected chi connectivity index (χ3v) is 5.41. The summed E-state index contributed by atoms with van der Waals surface area (Å²) in [4.78, 5) is 38.0. The lowest BCUT2D eigenvalue weighted by Crippen LogP contribution is -2.35. The van der Waals surface area contributed by atoms with Gasteiger partial charge in [-0.2, -0.15) is 0 Å². The number of nitrogens with zero attached hydrogens (tertiary/aromatic N) is 4. The number of aliphatic hydroxyl groups is 1. The molecule has 1 saturated heterocycles. The highest BCUT2D eigenvalue weighted by atomic mass is 16.5. The molecule has 32 heavy (non-hydrogen) atoms. The van der Waals surface area contributed by atoms with Gasteiger partial charge in [0, 0.05) is 24.8 Å². The molecule has 1 aliphatic heterocycles. The lowest BCUT2D eigenvalue weighted by Gasteiger charge is -2.28. The Hall–Kier alpha value is -3.46. The van der Waals surface area contributed by atoms with Crippen LogP contribution in [0.5, 0.6) is 11.5 Å². The maximum Gasteiger partial charge on any atom is 0.295 e. The number of aliphatic hydroxyl groups excluding tert-OH is 1. The minimum Gasteiger partial charge on any atom is -0.507 e. The maximum absolute atomic E-state index is 13.2. The molecule has 0 bridgehead atoms. The summed E-state index contributed by atoms with van der Waals surface area (Å²) in [6.45, 7) is 4.26. The number of likely N-dealkylation sites (tertiary alicyclic amines) is 1. The fourth-order valence-electron chi connectivity index (χ4n) is 3.76. The van der Waals surface area contributed by atoms with E-state index >= 15 is 0 Å². The Morgan fingerprint density at radius 3 is 2.50 bits per heavy atom. The number of ether oxygens (including phenoxy) is 2. The van der Waals surface area contributed by atoms with E-state index in [0.29, 0.717) is 40.7 Å².